The van der Waals surface area contributed by atoms with Gasteiger partial charge >= 0.3 is 0 Å². The minimum Gasteiger partial charge on any atom is -0.497 e. The number of H-pyrrole nitrogens is 1. The molecule has 1 N–H and O–H groups in total. The smallest absolute Gasteiger partial charge is 0.152 e. The fraction of sp³-hybridized carbons (Fsp3) is 0.429. The van der Waals surface area contributed by atoms with Gasteiger partial charge in [-0.1, -0.05) is 49.6 Å². The number of hydrogen-bond donors (Lipinski definition) is 1. The average Bonchev–Trinajstić information content (AvgIpc) is 3.47. The van der Waals surface area contributed by atoms with Gasteiger partial charge in [0.1, 0.15) is 11.6 Å². The average molecular weight is 492 g/mol. The van der Waals surface area contributed by atoms with E-state index < -0.39 is 0 Å². The third-order valence-corrected chi connectivity index (χ3v) is 7.58. The number of halogens is 1. The molecule has 1 aliphatic heterocycles. The summed E-state index contributed by atoms with van der Waals surface area (Å²) in [7, 11) is 1.71. The van der Waals surface area contributed by atoms with E-state index in [1.807, 2.05) is 6.20 Å². The lowest BCUT2D eigenvalue weighted by Crippen LogP contribution is -2.33. The number of imidazole rings is 1. The first-order valence-corrected chi connectivity index (χ1v) is 13.0. The molecular weight excluding hydrogens is 458 g/mol. The second-order valence-corrected chi connectivity index (χ2v) is 9.88. The van der Waals surface area contributed by atoms with Crippen molar-refractivity contribution in [2.75, 3.05) is 13.7 Å². The van der Waals surface area contributed by atoms with E-state index in [9.17, 15) is 0 Å². The first-order valence-electron chi connectivity index (χ1n) is 12.7. The number of methoxy groups -OCH3 is 1. The van der Waals surface area contributed by atoms with Crippen molar-refractivity contribution >= 4 is 22.5 Å². The number of nitrogens with one attached hydrogen (secondary N) is 1. The number of nitrogens with zero attached hydrogens (tertiary/aromatic N) is 4. The van der Waals surface area contributed by atoms with E-state index in [-0.39, 0.29) is 0 Å². The van der Waals surface area contributed by atoms with Crippen molar-refractivity contribution in [3.8, 4) is 17.1 Å². The molecule has 0 spiro atoms. The van der Waals surface area contributed by atoms with Crippen LogP contribution in [0.4, 0.5) is 0 Å². The van der Waals surface area contributed by atoms with Crippen molar-refractivity contribution in [1.82, 2.24) is 24.6 Å². The predicted octanol–water partition coefficient (Wildman–Crippen LogP) is 6.92. The number of ether oxygens (including phenoxy) is 1. The van der Waals surface area contributed by atoms with Crippen LogP contribution in [0.1, 0.15) is 61.9 Å². The molecule has 0 aliphatic carbocycles. The molecule has 6 nitrogen and oxygen atoms in total. The molecule has 1 unspecified atom stereocenters. The molecule has 7 heteroatoms. The van der Waals surface area contributed by atoms with E-state index >= 15 is 0 Å². The maximum atomic E-state index is 6.91. The Balaban J connectivity index is 1.54. The fourth-order valence-electron chi connectivity index (χ4n) is 5.36. The zero-order valence-corrected chi connectivity index (χ0v) is 21.6. The Hall–Kier alpha value is -2.83. The number of aromatic nitrogens is 4. The molecule has 184 valence electrons. The second-order valence-electron chi connectivity index (χ2n) is 9.52. The topological polar surface area (TPSA) is 59.0 Å². The van der Waals surface area contributed by atoms with E-state index in [2.05, 4.69) is 69.9 Å². The quantitative estimate of drug-likeness (QED) is 0.290. The van der Waals surface area contributed by atoms with Crippen LogP contribution >= 0.6 is 11.6 Å². The largest absolute Gasteiger partial charge is 0.497 e. The lowest BCUT2D eigenvalue weighted by molar-refractivity contribution is 0.137. The number of fused-ring (bicyclic) bond motifs is 1. The molecule has 1 aliphatic rings. The van der Waals surface area contributed by atoms with E-state index in [4.69, 9.17) is 21.3 Å². The first kappa shape index (κ1) is 23.9. The van der Waals surface area contributed by atoms with Crippen molar-refractivity contribution in [2.45, 2.75) is 65.1 Å². The van der Waals surface area contributed by atoms with Gasteiger partial charge in [-0.3, -0.25) is 10.00 Å². The van der Waals surface area contributed by atoms with E-state index in [1.165, 1.54) is 24.0 Å². The molecule has 4 aromatic rings. The lowest BCUT2D eigenvalue weighted by atomic mass is 9.95. The highest BCUT2D eigenvalue weighted by molar-refractivity contribution is 6.30. The minimum absolute atomic E-state index is 0.364. The van der Waals surface area contributed by atoms with Crippen molar-refractivity contribution in [3.63, 3.8) is 0 Å². The van der Waals surface area contributed by atoms with Gasteiger partial charge in [-0.15, -0.1) is 0 Å². The summed E-state index contributed by atoms with van der Waals surface area (Å²) in [5, 5.41) is 9.08. The number of rotatable bonds is 8. The molecule has 0 bridgehead atoms. The van der Waals surface area contributed by atoms with Crippen LogP contribution in [0.25, 0.3) is 22.3 Å². The van der Waals surface area contributed by atoms with Gasteiger partial charge in [-0.2, -0.15) is 5.10 Å². The highest BCUT2D eigenvalue weighted by Gasteiger charge is 2.28. The number of aromatic amines is 1. The molecule has 1 fully saturated rings. The Morgan fingerprint density at radius 2 is 1.97 bits per heavy atom. The maximum Gasteiger partial charge on any atom is 0.152 e. The number of hydrogen-bond acceptors (Lipinski definition) is 4. The van der Waals surface area contributed by atoms with Crippen LogP contribution in [0, 0.1) is 6.92 Å². The van der Waals surface area contributed by atoms with E-state index in [0.717, 1.165) is 72.6 Å². The zero-order chi connectivity index (χ0) is 24.4. The van der Waals surface area contributed by atoms with Gasteiger partial charge in [0.25, 0.3) is 0 Å². The summed E-state index contributed by atoms with van der Waals surface area (Å²) in [6.45, 7) is 7.10. The molecule has 1 atom stereocenters. The summed E-state index contributed by atoms with van der Waals surface area (Å²) >= 11 is 6.91. The Morgan fingerprint density at radius 3 is 2.74 bits per heavy atom. The number of benzene rings is 2. The van der Waals surface area contributed by atoms with Crippen LogP contribution in [0.5, 0.6) is 5.75 Å². The number of unbranched alkanes of at least 4 members (excludes halogenated alkanes) is 1. The Kier molecular flexibility index (Phi) is 7.12. The standard InChI is InChI=1S/C28H34ClN5O/c1-4-5-16-34-25(18-33-15-7-6-8-24(33)20-10-12-21(35-3)13-11-20)27(29)31-28(34)26-19(2)9-14-23-22(26)17-30-32-23/h9-14,17,24H,4-8,15-16,18H2,1-3H3,(H,30,32). The lowest BCUT2D eigenvalue weighted by Gasteiger charge is -2.36. The Bertz CT molecular complexity index is 1290. The third kappa shape index (κ3) is 4.69. The summed E-state index contributed by atoms with van der Waals surface area (Å²) in [5.74, 6) is 1.84. The molecule has 0 radical (unpaired) electrons. The number of likely N-dealkylation sites (tertiary alicyclic amines) is 1. The van der Waals surface area contributed by atoms with E-state index in [1.54, 1.807) is 7.11 Å². The summed E-state index contributed by atoms with van der Waals surface area (Å²) in [4.78, 5) is 7.53. The van der Waals surface area contributed by atoms with Crippen molar-refractivity contribution in [2.24, 2.45) is 0 Å². The van der Waals surface area contributed by atoms with Gasteiger partial charge in [0, 0.05) is 30.1 Å². The minimum atomic E-state index is 0.364. The molecule has 2 aromatic carbocycles. The van der Waals surface area contributed by atoms with Crippen LogP contribution in [0.15, 0.2) is 42.6 Å². The van der Waals surface area contributed by atoms with Gasteiger partial charge in [0.2, 0.25) is 0 Å². The predicted molar refractivity (Wildman–Crippen MR) is 142 cm³/mol. The van der Waals surface area contributed by atoms with Gasteiger partial charge in [-0.25, -0.2) is 4.98 Å². The SMILES string of the molecule is CCCCn1c(-c2c(C)ccc3[nH]ncc23)nc(Cl)c1CN1CCCCC1c1ccc(OC)cc1. The van der Waals surface area contributed by atoms with Gasteiger partial charge < -0.3 is 9.30 Å². The Labute approximate surface area is 212 Å². The Morgan fingerprint density at radius 1 is 1.14 bits per heavy atom. The molecule has 1 saturated heterocycles. The first-order chi connectivity index (χ1) is 17.1. The van der Waals surface area contributed by atoms with Gasteiger partial charge in [-0.05, 0) is 62.1 Å². The van der Waals surface area contributed by atoms with Crippen molar-refractivity contribution in [1.29, 1.82) is 0 Å². The molecule has 3 heterocycles. The van der Waals surface area contributed by atoms with Crippen LogP contribution in [0.3, 0.4) is 0 Å². The molecule has 0 amide bonds. The van der Waals surface area contributed by atoms with Gasteiger partial charge in [0.15, 0.2) is 5.15 Å². The summed E-state index contributed by atoms with van der Waals surface area (Å²) in [6.07, 6.45) is 7.68. The molecular formula is C28H34ClN5O. The van der Waals surface area contributed by atoms with Crippen LogP contribution < -0.4 is 4.74 Å². The van der Waals surface area contributed by atoms with Crippen LogP contribution in [0.2, 0.25) is 5.15 Å². The summed E-state index contributed by atoms with van der Waals surface area (Å²) in [6, 6.07) is 13.1. The summed E-state index contributed by atoms with van der Waals surface area (Å²) in [5.41, 5.74) is 5.75. The van der Waals surface area contributed by atoms with E-state index in [0.29, 0.717) is 11.2 Å². The van der Waals surface area contributed by atoms with Gasteiger partial charge in [0.05, 0.1) is 24.5 Å². The normalized spacial score (nSPS) is 16.7. The third-order valence-electron chi connectivity index (χ3n) is 7.28. The van der Waals surface area contributed by atoms with Crippen LogP contribution in [-0.2, 0) is 13.1 Å². The fourth-order valence-corrected chi connectivity index (χ4v) is 5.60. The number of piperidine rings is 1. The molecule has 0 saturated carbocycles. The molecule has 35 heavy (non-hydrogen) atoms. The maximum absolute atomic E-state index is 6.91. The highest BCUT2D eigenvalue weighted by Crippen LogP contribution is 2.37. The molecule has 5 rings (SSSR count). The monoisotopic (exact) mass is 491 g/mol. The highest BCUT2D eigenvalue weighted by atomic mass is 35.5. The molecule has 2 aromatic heterocycles. The summed E-state index contributed by atoms with van der Waals surface area (Å²) < 4.78 is 7.74. The van der Waals surface area contributed by atoms with Crippen LogP contribution in [-0.4, -0.2) is 38.3 Å². The zero-order valence-electron chi connectivity index (χ0n) is 20.9. The second kappa shape index (κ2) is 10.4. The van der Waals surface area contributed by atoms with Crippen molar-refractivity contribution in [3.05, 3.63) is 64.6 Å². The number of aryl methyl sites for hydroxylation is 1. The van der Waals surface area contributed by atoms with Crippen molar-refractivity contribution < 1.29 is 4.74 Å².